The molecule has 4 rings (SSSR count). The molecule has 0 radical (unpaired) electrons. The van der Waals surface area contributed by atoms with Gasteiger partial charge < -0.3 is 9.47 Å². The fourth-order valence-electron chi connectivity index (χ4n) is 2.75. The molecule has 2 aliphatic rings. The maximum Gasteiger partial charge on any atom is 0.233 e. The Kier molecular flexibility index (Phi) is 3.43. The Morgan fingerprint density at radius 2 is 1.00 bits per heavy atom. The van der Waals surface area contributed by atoms with E-state index in [1.54, 1.807) is 12.5 Å². The fraction of sp³-hybridized carbons (Fsp3) is 0.200. The van der Waals surface area contributed by atoms with Crippen LogP contribution in [0, 0.1) is 13.8 Å². The molecule has 3 heteroatoms. The van der Waals surface area contributed by atoms with E-state index in [4.69, 9.17) is 14.2 Å². The van der Waals surface area contributed by atoms with Crippen LogP contribution < -0.4 is 0 Å². The maximum atomic E-state index is 5.94. The number of fused-ring (bicyclic) bond motifs is 2. The SMILES string of the molecule is Cc1ccc(C2=CO[C@@H]3O[C@H]2OC=C3c2ccc(C)cc2)cc1. The third-order valence-corrected chi connectivity index (χ3v) is 4.16. The van der Waals surface area contributed by atoms with Gasteiger partial charge in [0, 0.05) is 0 Å². The predicted molar refractivity (Wildman–Crippen MR) is 89.1 cm³/mol. The van der Waals surface area contributed by atoms with Crippen molar-refractivity contribution in [1.29, 1.82) is 0 Å². The van der Waals surface area contributed by atoms with Crippen LogP contribution in [0.5, 0.6) is 0 Å². The Balaban J connectivity index is 1.59. The molecule has 2 aromatic carbocycles. The summed E-state index contributed by atoms with van der Waals surface area (Å²) in [5.41, 5.74) is 6.34. The highest BCUT2D eigenvalue weighted by Gasteiger charge is 2.34. The Morgan fingerprint density at radius 1 is 0.609 bits per heavy atom. The van der Waals surface area contributed by atoms with Gasteiger partial charge in [-0.25, -0.2) is 0 Å². The second-order valence-corrected chi connectivity index (χ2v) is 5.95. The molecule has 23 heavy (non-hydrogen) atoms. The van der Waals surface area contributed by atoms with Crippen LogP contribution in [0.3, 0.4) is 0 Å². The minimum atomic E-state index is -0.425. The monoisotopic (exact) mass is 306 g/mol. The van der Waals surface area contributed by atoms with Crippen LogP contribution in [0.15, 0.2) is 61.1 Å². The highest BCUT2D eigenvalue weighted by atomic mass is 16.8. The van der Waals surface area contributed by atoms with Gasteiger partial charge in [0.2, 0.25) is 12.6 Å². The number of rotatable bonds is 2. The van der Waals surface area contributed by atoms with E-state index >= 15 is 0 Å². The lowest BCUT2D eigenvalue weighted by Gasteiger charge is -2.35. The Bertz CT molecular complexity index is 702. The lowest BCUT2D eigenvalue weighted by atomic mass is 10.0. The summed E-state index contributed by atoms with van der Waals surface area (Å²) in [6.45, 7) is 4.13. The van der Waals surface area contributed by atoms with Crippen molar-refractivity contribution in [3.05, 3.63) is 83.3 Å². The zero-order valence-corrected chi connectivity index (χ0v) is 13.2. The van der Waals surface area contributed by atoms with Gasteiger partial charge in [0.25, 0.3) is 0 Å². The van der Waals surface area contributed by atoms with Gasteiger partial charge in [-0.3, -0.25) is 4.74 Å². The van der Waals surface area contributed by atoms with Crippen LogP contribution in [0.25, 0.3) is 11.1 Å². The van der Waals surface area contributed by atoms with E-state index in [-0.39, 0.29) is 0 Å². The van der Waals surface area contributed by atoms with Crippen molar-refractivity contribution in [1.82, 2.24) is 0 Å². The maximum absolute atomic E-state index is 5.94. The number of hydrogen-bond acceptors (Lipinski definition) is 3. The van der Waals surface area contributed by atoms with E-state index in [0.29, 0.717) is 0 Å². The standard InChI is InChI=1S/C20H18O3/c1-13-3-7-15(8-4-13)17-11-21-20-18(12-22-19(17)23-20)16-9-5-14(2)6-10-16/h3-12,19-20H,1-2H3/t19-,20-/m1/s1. The topological polar surface area (TPSA) is 27.7 Å². The van der Waals surface area contributed by atoms with E-state index in [1.165, 1.54) is 11.1 Å². The number of hydrogen-bond donors (Lipinski definition) is 0. The van der Waals surface area contributed by atoms with Gasteiger partial charge in [-0.15, -0.1) is 0 Å². The quantitative estimate of drug-likeness (QED) is 0.822. The number of benzene rings is 2. The lowest BCUT2D eigenvalue weighted by molar-refractivity contribution is -0.187. The van der Waals surface area contributed by atoms with E-state index in [1.807, 2.05) is 0 Å². The summed E-state index contributed by atoms with van der Waals surface area (Å²) >= 11 is 0. The van der Waals surface area contributed by atoms with Crippen molar-refractivity contribution in [2.24, 2.45) is 0 Å². The van der Waals surface area contributed by atoms with E-state index in [0.717, 1.165) is 22.3 Å². The largest absolute Gasteiger partial charge is 0.467 e. The van der Waals surface area contributed by atoms with Crippen LogP contribution in [-0.4, -0.2) is 12.6 Å². The molecule has 0 fully saturated rings. The summed E-state index contributed by atoms with van der Waals surface area (Å²) in [4.78, 5) is 0. The van der Waals surface area contributed by atoms with Crippen LogP contribution in [0.4, 0.5) is 0 Å². The van der Waals surface area contributed by atoms with Gasteiger partial charge >= 0.3 is 0 Å². The van der Waals surface area contributed by atoms with Crippen molar-refractivity contribution < 1.29 is 14.2 Å². The molecule has 0 aromatic heterocycles. The molecule has 0 N–H and O–H groups in total. The summed E-state index contributed by atoms with van der Waals surface area (Å²) in [5, 5.41) is 0. The zero-order valence-electron chi connectivity index (χ0n) is 13.2. The molecule has 0 spiro atoms. The Morgan fingerprint density at radius 3 is 1.39 bits per heavy atom. The minimum absolute atomic E-state index is 0.425. The van der Waals surface area contributed by atoms with Crippen LogP contribution >= 0.6 is 0 Å². The summed E-state index contributed by atoms with van der Waals surface area (Å²) in [7, 11) is 0. The van der Waals surface area contributed by atoms with Crippen molar-refractivity contribution in [2.45, 2.75) is 26.4 Å². The Hall–Kier alpha value is -2.52. The smallest absolute Gasteiger partial charge is 0.233 e. The molecule has 116 valence electrons. The molecule has 2 atom stereocenters. The van der Waals surface area contributed by atoms with Crippen LogP contribution in [0.1, 0.15) is 22.3 Å². The van der Waals surface area contributed by atoms with Crippen molar-refractivity contribution in [3.8, 4) is 0 Å². The second kappa shape index (κ2) is 5.60. The van der Waals surface area contributed by atoms with Crippen molar-refractivity contribution in [3.63, 3.8) is 0 Å². The summed E-state index contributed by atoms with van der Waals surface area (Å²) < 4.78 is 17.6. The summed E-state index contributed by atoms with van der Waals surface area (Å²) in [5.74, 6) is 0. The minimum Gasteiger partial charge on any atom is -0.467 e. The molecule has 0 saturated heterocycles. The molecule has 2 heterocycles. The summed E-state index contributed by atoms with van der Waals surface area (Å²) in [6, 6.07) is 16.5. The number of aryl methyl sites for hydroxylation is 2. The van der Waals surface area contributed by atoms with Gasteiger partial charge in [-0.1, -0.05) is 59.7 Å². The van der Waals surface area contributed by atoms with Crippen LogP contribution in [0.2, 0.25) is 0 Å². The van der Waals surface area contributed by atoms with E-state index in [2.05, 4.69) is 62.4 Å². The molecule has 0 unspecified atom stereocenters. The molecular weight excluding hydrogens is 288 g/mol. The molecule has 0 amide bonds. The molecule has 0 aliphatic carbocycles. The first kappa shape index (κ1) is 14.1. The molecule has 2 aliphatic heterocycles. The lowest BCUT2D eigenvalue weighted by Crippen LogP contribution is -2.34. The highest BCUT2D eigenvalue weighted by Crippen LogP contribution is 2.36. The fourth-order valence-corrected chi connectivity index (χ4v) is 2.75. The average Bonchev–Trinajstić information content (AvgIpc) is 2.58. The van der Waals surface area contributed by atoms with Crippen molar-refractivity contribution in [2.75, 3.05) is 0 Å². The first-order valence-electron chi connectivity index (χ1n) is 7.71. The molecule has 0 saturated carbocycles. The van der Waals surface area contributed by atoms with Crippen LogP contribution in [-0.2, 0) is 14.2 Å². The van der Waals surface area contributed by atoms with Gasteiger partial charge in [0.15, 0.2) is 0 Å². The molecule has 3 nitrogen and oxygen atoms in total. The Labute approximate surface area is 135 Å². The van der Waals surface area contributed by atoms with Gasteiger partial charge in [0.05, 0.1) is 23.7 Å². The average molecular weight is 306 g/mol. The molecule has 2 bridgehead atoms. The third-order valence-electron chi connectivity index (χ3n) is 4.16. The highest BCUT2D eigenvalue weighted by molar-refractivity contribution is 5.72. The predicted octanol–water partition coefficient (Wildman–Crippen LogP) is 4.41. The molecule has 2 aromatic rings. The van der Waals surface area contributed by atoms with Gasteiger partial charge in [-0.2, -0.15) is 0 Å². The molecular formula is C20H18O3. The van der Waals surface area contributed by atoms with Gasteiger partial charge in [-0.05, 0) is 25.0 Å². The van der Waals surface area contributed by atoms with Crippen molar-refractivity contribution >= 4 is 11.1 Å². The second-order valence-electron chi connectivity index (χ2n) is 5.95. The number of ether oxygens (including phenoxy) is 3. The zero-order chi connectivity index (χ0) is 15.8. The van der Waals surface area contributed by atoms with E-state index in [9.17, 15) is 0 Å². The van der Waals surface area contributed by atoms with E-state index < -0.39 is 12.6 Å². The third kappa shape index (κ3) is 2.64. The van der Waals surface area contributed by atoms with Gasteiger partial charge in [0.1, 0.15) is 0 Å². The summed E-state index contributed by atoms with van der Waals surface area (Å²) in [6.07, 6.45) is 2.66. The first-order chi connectivity index (χ1) is 11.2. The first-order valence-corrected chi connectivity index (χ1v) is 7.71. The normalized spacial score (nSPS) is 22.5.